The molecule has 0 spiro atoms. The molecule has 2 aromatic rings. The Labute approximate surface area is 117 Å². The second-order valence-corrected chi connectivity index (χ2v) is 5.94. The molecule has 1 heterocycles. The number of allylic oxidation sites excluding steroid dienone is 1. The second kappa shape index (κ2) is 4.78. The lowest BCUT2D eigenvalue weighted by Gasteiger charge is -2.20. The van der Waals surface area contributed by atoms with Gasteiger partial charge in [0.05, 0.1) is 0 Å². The van der Waals surface area contributed by atoms with Crippen molar-refractivity contribution in [2.75, 3.05) is 0 Å². The monoisotopic (exact) mass is 268 g/mol. The first-order chi connectivity index (χ1) is 9.15. The molecule has 0 radical (unpaired) electrons. The quantitative estimate of drug-likeness (QED) is 0.692. The van der Waals surface area contributed by atoms with Crippen LogP contribution in [0.5, 0.6) is 0 Å². The molecular formula is C17H16OS. The maximum absolute atomic E-state index is 12.6. The lowest BCUT2D eigenvalue weighted by molar-refractivity contribution is 0.102. The van der Waals surface area contributed by atoms with Crippen molar-refractivity contribution >= 4 is 23.2 Å². The van der Waals surface area contributed by atoms with E-state index in [1.807, 2.05) is 17.5 Å². The van der Waals surface area contributed by atoms with Gasteiger partial charge < -0.3 is 0 Å². The highest BCUT2D eigenvalue weighted by atomic mass is 32.1. The number of ketones is 1. The van der Waals surface area contributed by atoms with Crippen LogP contribution in [0.25, 0.3) is 6.08 Å². The number of benzene rings is 1. The van der Waals surface area contributed by atoms with E-state index in [9.17, 15) is 4.79 Å². The third-order valence-corrected chi connectivity index (χ3v) is 4.38. The largest absolute Gasteiger partial charge is 0.289 e. The third-order valence-electron chi connectivity index (χ3n) is 3.68. The Morgan fingerprint density at radius 1 is 1.21 bits per heavy atom. The molecule has 0 N–H and O–H groups in total. The van der Waals surface area contributed by atoms with Crippen molar-refractivity contribution in [3.8, 4) is 0 Å². The summed E-state index contributed by atoms with van der Waals surface area (Å²) in [6.45, 7) is 4.16. The minimum absolute atomic E-state index is 0.208. The second-order valence-electron chi connectivity index (χ2n) is 5.16. The SMILES string of the molecule is Cc1cc(C)c2c(c1)C(=O)/C(=C\c1ccsc1)CC2. The molecular weight excluding hydrogens is 252 g/mol. The Hall–Kier alpha value is -1.67. The molecule has 19 heavy (non-hydrogen) atoms. The van der Waals surface area contributed by atoms with E-state index >= 15 is 0 Å². The van der Waals surface area contributed by atoms with E-state index in [1.54, 1.807) is 11.3 Å². The molecule has 3 rings (SSSR count). The van der Waals surface area contributed by atoms with Crippen molar-refractivity contribution in [2.24, 2.45) is 0 Å². The first kappa shape index (κ1) is 12.4. The Bertz CT molecular complexity index is 663. The van der Waals surface area contributed by atoms with E-state index in [0.29, 0.717) is 0 Å². The van der Waals surface area contributed by atoms with Crippen LogP contribution in [0.2, 0.25) is 0 Å². The van der Waals surface area contributed by atoms with Gasteiger partial charge in [-0.05, 0) is 72.3 Å². The topological polar surface area (TPSA) is 17.1 Å². The van der Waals surface area contributed by atoms with Crippen molar-refractivity contribution in [1.82, 2.24) is 0 Å². The fraction of sp³-hybridized carbons (Fsp3) is 0.235. The summed E-state index contributed by atoms with van der Waals surface area (Å²) >= 11 is 1.66. The molecule has 0 saturated carbocycles. The van der Waals surface area contributed by atoms with Gasteiger partial charge in [0.1, 0.15) is 0 Å². The first-order valence-corrected chi connectivity index (χ1v) is 7.47. The highest BCUT2D eigenvalue weighted by Gasteiger charge is 2.23. The van der Waals surface area contributed by atoms with Gasteiger partial charge in [0.2, 0.25) is 0 Å². The number of hydrogen-bond acceptors (Lipinski definition) is 2. The fourth-order valence-corrected chi connectivity index (χ4v) is 3.39. The fourth-order valence-electron chi connectivity index (χ4n) is 2.77. The number of aryl methyl sites for hydroxylation is 2. The molecule has 1 aliphatic rings. The van der Waals surface area contributed by atoms with Gasteiger partial charge >= 0.3 is 0 Å². The maximum atomic E-state index is 12.6. The zero-order chi connectivity index (χ0) is 13.4. The minimum Gasteiger partial charge on any atom is -0.289 e. The molecule has 0 amide bonds. The molecule has 1 nitrogen and oxygen atoms in total. The van der Waals surface area contributed by atoms with Gasteiger partial charge in [-0.25, -0.2) is 0 Å². The minimum atomic E-state index is 0.208. The van der Waals surface area contributed by atoms with Gasteiger partial charge in [-0.15, -0.1) is 0 Å². The van der Waals surface area contributed by atoms with Gasteiger partial charge in [0.15, 0.2) is 5.78 Å². The van der Waals surface area contributed by atoms with Gasteiger partial charge in [0, 0.05) is 11.1 Å². The summed E-state index contributed by atoms with van der Waals surface area (Å²) in [7, 11) is 0. The number of carbonyl (C=O) groups is 1. The summed E-state index contributed by atoms with van der Waals surface area (Å²) in [6, 6.07) is 6.26. The number of hydrogen-bond donors (Lipinski definition) is 0. The summed E-state index contributed by atoms with van der Waals surface area (Å²) in [5.41, 5.74) is 6.64. The summed E-state index contributed by atoms with van der Waals surface area (Å²) in [4.78, 5) is 12.6. The molecule has 0 atom stereocenters. The van der Waals surface area contributed by atoms with Crippen molar-refractivity contribution in [1.29, 1.82) is 0 Å². The summed E-state index contributed by atoms with van der Waals surface area (Å²) in [5, 5.41) is 4.12. The van der Waals surface area contributed by atoms with Crippen LogP contribution in [0.15, 0.2) is 34.5 Å². The smallest absolute Gasteiger partial charge is 0.189 e. The molecule has 0 saturated heterocycles. The first-order valence-electron chi connectivity index (χ1n) is 6.53. The third kappa shape index (κ3) is 2.28. The zero-order valence-electron chi connectivity index (χ0n) is 11.2. The summed E-state index contributed by atoms with van der Waals surface area (Å²) in [5.74, 6) is 0.208. The number of thiophene rings is 1. The standard InChI is InChI=1S/C17H16OS/c1-11-7-12(2)15-4-3-14(17(18)16(15)8-11)9-13-5-6-19-10-13/h5-10H,3-4H2,1-2H3/b14-9-. The van der Waals surface area contributed by atoms with Crippen LogP contribution in [0.1, 0.15) is 39.0 Å². The summed E-state index contributed by atoms with van der Waals surface area (Å²) in [6.07, 6.45) is 3.87. The predicted octanol–water partition coefficient (Wildman–Crippen LogP) is 4.58. The van der Waals surface area contributed by atoms with Crippen LogP contribution >= 0.6 is 11.3 Å². The van der Waals surface area contributed by atoms with Crippen molar-refractivity contribution < 1.29 is 4.79 Å². The van der Waals surface area contributed by atoms with Gasteiger partial charge in [-0.3, -0.25) is 4.79 Å². The average molecular weight is 268 g/mol. The predicted molar refractivity (Wildman–Crippen MR) is 80.9 cm³/mol. The van der Waals surface area contributed by atoms with Crippen LogP contribution < -0.4 is 0 Å². The molecule has 0 fully saturated rings. The number of rotatable bonds is 1. The molecule has 96 valence electrons. The van der Waals surface area contributed by atoms with Crippen molar-refractivity contribution in [3.63, 3.8) is 0 Å². The highest BCUT2D eigenvalue weighted by molar-refractivity contribution is 7.08. The van der Waals surface area contributed by atoms with E-state index in [1.165, 1.54) is 16.7 Å². The molecule has 0 unspecified atom stereocenters. The Morgan fingerprint density at radius 2 is 2.05 bits per heavy atom. The Morgan fingerprint density at radius 3 is 2.79 bits per heavy atom. The van der Waals surface area contributed by atoms with Crippen LogP contribution in [-0.2, 0) is 6.42 Å². The molecule has 0 bridgehead atoms. The lowest BCUT2D eigenvalue weighted by atomic mass is 9.83. The van der Waals surface area contributed by atoms with Gasteiger partial charge in [-0.1, -0.05) is 11.6 Å². The molecule has 0 aliphatic heterocycles. The Balaban J connectivity index is 2.05. The summed E-state index contributed by atoms with van der Waals surface area (Å²) < 4.78 is 0. The van der Waals surface area contributed by atoms with E-state index < -0.39 is 0 Å². The van der Waals surface area contributed by atoms with E-state index in [4.69, 9.17) is 0 Å². The van der Waals surface area contributed by atoms with E-state index in [-0.39, 0.29) is 5.78 Å². The normalized spacial score (nSPS) is 16.7. The van der Waals surface area contributed by atoms with Gasteiger partial charge in [0.25, 0.3) is 0 Å². The lowest BCUT2D eigenvalue weighted by Crippen LogP contribution is -2.15. The average Bonchev–Trinajstić information content (AvgIpc) is 2.86. The van der Waals surface area contributed by atoms with Crippen LogP contribution in [0.3, 0.4) is 0 Å². The number of fused-ring (bicyclic) bond motifs is 1. The zero-order valence-corrected chi connectivity index (χ0v) is 12.0. The van der Waals surface area contributed by atoms with E-state index in [0.717, 1.165) is 29.5 Å². The number of carbonyl (C=O) groups excluding carboxylic acids is 1. The highest BCUT2D eigenvalue weighted by Crippen LogP contribution is 2.30. The molecule has 1 aromatic heterocycles. The van der Waals surface area contributed by atoms with Crippen molar-refractivity contribution in [3.05, 3.63) is 62.3 Å². The Kier molecular flexibility index (Phi) is 3.11. The van der Waals surface area contributed by atoms with Crippen molar-refractivity contribution in [2.45, 2.75) is 26.7 Å². The maximum Gasteiger partial charge on any atom is 0.189 e. The van der Waals surface area contributed by atoms with Crippen LogP contribution in [-0.4, -0.2) is 5.78 Å². The molecule has 1 aromatic carbocycles. The van der Waals surface area contributed by atoms with Crippen LogP contribution in [0, 0.1) is 13.8 Å². The van der Waals surface area contributed by atoms with Gasteiger partial charge in [-0.2, -0.15) is 11.3 Å². The molecule has 2 heteroatoms. The number of Topliss-reactive ketones (excluding diaryl/α,β-unsaturated/α-hetero) is 1. The van der Waals surface area contributed by atoms with Crippen LogP contribution in [0.4, 0.5) is 0 Å². The van der Waals surface area contributed by atoms with E-state index in [2.05, 4.69) is 31.4 Å². The molecule has 1 aliphatic carbocycles.